The Morgan fingerprint density at radius 1 is 1.36 bits per heavy atom. The molecule has 0 amide bonds. The number of nitrogens with zero attached hydrogens (tertiary/aromatic N) is 1. The molecule has 0 aliphatic carbocycles. The van der Waals surface area contributed by atoms with Gasteiger partial charge in [-0.3, -0.25) is 4.52 Å². The Hall–Kier alpha value is -1.84. The fourth-order valence-corrected chi connectivity index (χ4v) is 1.27. The second-order valence-corrected chi connectivity index (χ2v) is 3.14. The third-order valence-electron chi connectivity index (χ3n) is 2.13. The van der Waals surface area contributed by atoms with E-state index in [0.29, 0.717) is 12.2 Å². The molecule has 2 aromatic rings. The van der Waals surface area contributed by atoms with Crippen LogP contribution in [0.4, 0.5) is 0 Å². The van der Waals surface area contributed by atoms with Crippen molar-refractivity contribution >= 4 is 0 Å². The number of benzene rings is 1. The lowest BCUT2D eigenvalue weighted by Crippen LogP contribution is -2.40. The lowest BCUT2D eigenvalue weighted by atomic mass is 10.2. The first-order valence-electron chi connectivity index (χ1n) is 4.39. The Morgan fingerprint density at radius 2 is 2.07 bits per heavy atom. The van der Waals surface area contributed by atoms with Crippen molar-refractivity contribution in [3.8, 4) is 0 Å². The van der Waals surface area contributed by atoms with E-state index < -0.39 is 0 Å². The minimum absolute atomic E-state index is 0.319. The maximum Gasteiger partial charge on any atom is 0.429 e. The number of rotatable bonds is 2. The maximum atomic E-state index is 11.0. The minimum Gasteiger partial charge on any atom is -0.283 e. The van der Waals surface area contributed by atoms with Gasteiger partial charge in [-0.15, -0.1) is 0 Å². The van der Waals surface area contributed by atoms with Gasteiger partial charge in [-0.25, -0.2) is 4.79 Å². The van der Waals surface area contributed by atoms with Gasteiger partial charge in [0.2, 0.25) is 6.54 Å². The summed E-state index contributed by atoms with van der Waals surface area (Å²) in [5.41, 5.74) is 1.38. The van der Waals surface area contributed by atoms with Gasteiger partial charge in [0.05, 0.1) is 0 Å². The Labute approximate surface area is 80.7 Å². The molecule has 1 N–H and O–H groups in total. The zero-order chi connectivity index (χ0) is 9.97. The van der Waals surface area contributed by atoms with Crippen molar-refractivity contribution in [1.82, 2.24) is 5.27 Å². The summed E-state index contributed by atoms with van der Waals surface area (Å²) < 4.78 is 6.33. The Bertz CT molecular complexity index is 470. The fraction of sp³-hybridized carbons (Fsp3) is 0.200. The molecule has 4 heteroatoms. The second-order valence-electron chi connectivity index (χ2n) is 3.14. The molecule has 2 rings (SSSR count). The molecule has 14 heavy (non-hydrogen) atoms. The predicted octanol–water partition coefficient (Wildman–Crippen LogP) is 0.612. The minimum atomic E-state index is -0.319. The van der Waals surface area contributed by atoms with Crippen molar-refractivity contribution in [2.75, 3.05) is 0 Å². The van der Waals surface area contributed by atoms with Crippen LogP contribution < -0.4 is 10.3 Å². The third kappa shape index (κ3) is 1.59. The molecule has 1 aromatic carbocycles. The summed E-state index contributed by atoms with van der Waals surface area (Å²) in [7, 11) is 0. The van der Waals surface area contributed by atoms with Gasteiger partial charge in [0.25, 0.3) is 5.69 Å². The molecular formula is C10H11N2O2+. The number of H-pyrrole nitrogens is 1. The van der Waals surface area contributed by atoms with E-state index in [9.17, 15) is 4.79 Å². The van der Waals surface area contributed by atoms with E-state index in [1.807, 2.05) is 30.3 Å². The molecule has 0 unspecified atom stereocenters. The van der Waals surface area contributed by atoms with E-state index in [1.165, 1.54) is 0 Å². The molecule has 1 aromatic heterocycles. The molecule has 0 fully saturated rings. The first-order chi connectivity index (χ1) is 6.77. The number of hydrogen-bond donors (Lipinski definition) is 1. The first kappa shape index (κ1) is 8.74. The van der Waals surface area contributed by atoms with Crippen molar-refractivity contribution in [2.24, 2.45) is 0 Å². The van der Waals surface area contributed by atoms with E-state index in [0.717, 1.165) is 5.56 Å². The molecular weight excluding hydrogens is 180 g/mol. The smallest absolute Gasteiger partial charge is 0.283 e. The largest absolute Gasteiger partial charge is 0.429 e. The predicted molar refractivity (Wildman–Crippen MR) is 49.8 cm³/mol. The third-order valence-corrected chi connectivity index (χ3v) is 2.13. The Balaban J connectivity index is 2.28. The highest BCUT2D eigenvalue weighted by Gasteiger charge is 2.14. The summed E-state index contributed by atoms with van der Waals surface area (Å²) in [6, 6.07) is 9.88. The standard InChI is InChI=1S/C10H10N2O2/c1-8-10(13)14-11-12(8)7-9-5-3-2-4-6-9/h2-6H,7H2,1H3/p+1. The summed E-state index contributed by atoms with van der Waals surface area (Å²) in [6.07, 6.45) is 0. The summed E-state index contributed by atoms with van der Waals surface area (Å²) >= 11 is 0. The second kappa shape index (κ2) is 3.49. The normalized spacial score (nSPS) is 10.4. The van der Waals surface area contributed by atoms with E-state index in [2.05, 4.69) is 9.79 Å². The van der Waals surface area contributed by atoms with Crippen molar-refractivity contribution in [3.63, 3.8) is 0 Å². The Kier molecular flexibility index (Phi) is 2.18. The summed E-state index contributed by atoms with van der Waals surface area (Å²) in [5, 5.41) is 2.55. The molecule has 0 spiro atoms. The Morgan fingerprint density at radius 3 is 2.64 bits per heavy atom. The van der Waals surface area contributed by atoms with Gasteiger partial charge in [-0.05, 0) is 5.27 Å². The van der Waals surface area contributed by atoms with Crippen molar-refractivity contribution in [3.05, 3.63) is 52.0 Å². The van der Waals surface area contributed by atoms with Crippen LogP contribution in [0.15, 0.2) is 39.6 Å². The van der Waals surface area contributed by atoms with E-state index in [4.69, 9.17) is 0 Å². The van der Waals surface area contributed by atoms with Crippen LogP contribution in [0, 0.1) is 6.92 Å². The molecule has 0 radical (unpaired) electrons. The summed E-state index contributed by atoms with van der Waals surface area (Å²) in [4.78, 5) is 11.0. The molecule has 0 bridgehead atoms. The quantitative estimate of drug-likeness (QED) is 0.707. The number of hydrogen-bond acceptors (Lipinski definition) is 2. The fourth-order valence-electron chi connectivity index (χ4n) is 1.27. The van der Waals surface area contributed by atoms with Crippen LogP contribution in [0.1, 0.15) is 11.3 Å². The van der Waals surface area contributed by atoms with Crippen LogP contribution in [-0.2, 0) is 6.54 Å². The van der Waals surface area contributed by atoms with Crippen molar-refractivity contribution < 1.29 is 9.20 Å². The van der Waals surface area contributed by atoms with Crippen molar-refractivity contribution in [2.45, 2.75) is 13.5 Å². The van der Waals surface area contributed by atoms with Crippen LogP contribution in [-0.4, -0.2) is 5.27 Å². The van der Waals surface area contributed by atoms with Gasteiger partial charge in [0.1, 0.15) is 0 Å². The first-order valence-corrected chi connectivity index (χ1v) is 4.39. The molecule has 0 saturated heterocycles. The van der Waals surface area contributed by atoms with Crippen LogP contribution in [0.25, 0.3) is 0 Å². The molecule has 72 valence electrons. The number of nitrogens with one attached hydrogen (secondary N) is 1. The lowest BCUT2D eigenvalue weighted by Gasteiger charge is -1.92. The van der Waals surface area contributed by atoms with Crippen LogP contribution >= 0.6 is 0 Å². The molecule has 0 atom stereocenters. The highest BCUT2D eigenvalue weighted by atomic mass is 16.5. The molecule has 4 nitrogen and oxygen atoms in total. The average Bonchev–Trinajstić information content (AvgIpc) is 2.52. The van der Waals surface area contributed by atoms with Gasteiger partial charge in [-0.1, -0.05) is 35.0 Å². The summed E-state index contributed by atoms with van der Waals surface area (Å²) in [6.45, 7) is 2.35. The summed E-state index contributed by atoms with van der Waals surface area (Å²) in [5.74, 6) is 0. The average molecular weight is 191 g/mol. The van der Waals surface area contributed by atoms with E-state index >= 15 is 0 Å². The van der Waals surface area contributed by atoms with Gasteiger partial charge >= 0.3 is 5.63 Å². The van der Waals surface area contributed by atoms with Crippen LogP contribution in [0.3, 0.4) is 0 Å². The number of aromatic nitrogens is 2. The lowest BCUT2D eigenvalue weighted by molar-refractivity contribution is -0.759. The molecule has 0 aliphatic heterocycles. The van der Waals surface area contributed by atoms with Gasteiger partial charge in [0.15, 0.2) is 0 Å². The van der Waals surface area contributed by atoms with Gasteiger partial charge in [0, 0.05) is 12.5 Å². The zero-order valence-electron chi connectivity index (χ0n) is 7.86. The van der Waals surface area contributed by atoms with Gasteiger partial charge in [-0.2, -0.15) is 0 Å². The van der Waals surface area contributed by atoms with E-state index in [-0.39, 0.29) is 5.63 Å². The van der Waals surface area contributed by atoms with Crippen LogP contribution in [0.2, 0.25) is 0 Å². The topological polar surface area (TPSA) is 49.9 Å². The SMILES string of the molecule is Cc1c(=O)o[nH][n+]1Cc1ccccc1. The number of aromatic amines is 1. The van der Waals surface area contributed by atoms with Crippen LogP contribution in [0.5, 0.6) is 0 Å². The molecule has 1 heterocycles. The molecule has 0 saturated carbocycles. The monoisotopic (exact) mass is 191 g/mol. The zero-order valence-corrected chi connectivity index (χ0v) is 7.86. The molecule has 0 aliphatic rings. The van der Waals surface area contributed by atoms with Crippen molar-refractivity contribution in [1.29, 1.82) is 0 Å². The van der Waals surface area contributed by atoms with Gasteiger partial charge < -0.3 is 0 Å². The highest BCUT2D eigenvalue weighted by Crippen LogP contribution is 1.96. The highest BCUT2D eigenvalue weighted by molar-refractivity contribution is 5.13. The maximum absolute atomic E-state index is 11.0. The van der Waals surface area contributed by atoms with E-state index in [1.54, 1.807) is 11.6 Å².